The van der Waals surface area contributed by atoms with Crippen LogP contribution < -0.4 is 20.1 Å². The van der Waals surface area contributed by atoms with Gasteiger partial charge in [-0.3, -0.25) is 9.69 Å². The number of ether oxygens (including phenoxy) is 2. The lowest BCUT2D eigenvalue weighted by Crippen LogP contribution is -2.46. The second-order valence-corrected chi connectivity index (χ2v) is 4.97. The zero-order valence-electron chi connectivity index (χ0n) is 11.7. The minimum absolute atomic E-state index is 0.00783. The van der Waals surface area contributed by atoms with Crippen LogP contribution in [0.1, 0.15) is 11.6 Å². The molecule has 6 heteroatoms. The normalized spacial score (nSPS) is 22.3. The molecule has 2 heterocycles. The van der Waals surface area contributed by atoms with E-state index >= 15 is 0 Å². The Kier molecular flexibility index (Phi) is 3.50. The van der Waals surface area contributed by atoms with E-state index in [1.807, 2.05) is 6.07 Å². The Hall–Kier alpha value is -1.79. The molecule has 0 saturated carbocycles. The average Bonchev–Trinajstić information content (AvgIpc) is 2.82. The number of hydrogen-bond donors (Lipinski definition) is 2. The van der Waals surface area contributed by atoms with Gasteiger partial charge in [0.2, 0.25) is 5.91 Å². The van der Waals surface area contributed by atoms with E-state index in [9.17, 15) is 4.79 Å². The van der Waals surface area contributed by atoms with Crippen LogP contribution in [0.4, 0.5) is 5.69 Å². The Morgan fingerprint density at radius 1 is 1.20 bits per heavy atom. The van der Waals surface area contributed by atoms with Crippen LogP contribution in [-0.2, 0) is 4.79 Å². The van der Waals surface area contributed by atoms with Crippen molar-refractivity contribution in [2.75, 3.05) is 45.7 Å². The third-order valence-electron chi connectivity index (χ3n) is 3.87. The van der Waals surface area contributed by atoms with Crippen molar-refractivity contribution in [1.82, 2.24) is 10.2 Å². The highest BCUT2D eigenvalue weighted by Crippen LogP contribution is 2.43. The van der Waals surface area contributed by atoms with Gasteiger partial charge in [0.05, 0.1) is 19.9 Å². The molecular formula is C14H19N3O3. The molecule has 108 valence electrons. The van der Waals surface area contributed by atoms with Gasteiger partial charge in [0.1, 0.15) is 17.5 Å². The Bertz CT molecular complexity index is 527. The van der Waals surface area contributed by atoms with E-state index in [1.165, 1.54) is 0 Å². The molecule has 0 radical (unpaired) electrons. The largest absolute Gasteiger partial charge is 0.497 e. The van der Waals surface area contributed by atoms with Gasteiger partial charge in [-0.1, -0.05) is 0 Å². The zero-order valence-corrected chi connectivity index (χ0v) is 11.7. The third kappa shape index (κ3) is 2.10. The molecule has 6 nitrogen and oxygen atoms in total. The van der Waals surface area contributed by atoms with Crippen molar-refractivity contribution in [3.8, 4) is 11.5 Å². The van der Waals surface area contributed by atoms with Crippen molar-refractivity contribution in [3.63, 3.8) is 0 Å². The van der Waals surface area contributed by atoms with E-state index in [-0.39, 0.29) is 11.9 Å². The second kappa shape index (κ2) is 5.30. The maximum Gasteiger partial charge on any atom is 0.246 e. The van der Waals surface area contributed by atoms with Crippen molar-refractivity contribution in [1.29, 1.82) is 0 Å². The predicted molar refractivity (Wildman–Crippen MR) is 75.4 cm³/mol. The van der Waals surface area contributed by atoms with Crippen LogP contribution >= 0.6 is 0 Å². The average molecular weight is 277 g/mol. The molecule has 3 rings (SSSR count). The Morgan fingerprint density at radius 2 is 1.95 bits per heavy atom. The van der Waals surface area contributed by atoms with E-state index in [0.29, 0.717) is 11.5 Å². The number of fused-ring (bicyclic) bond motifs is 1. The van der Waals surface area contributed by atoms with Crippen molar-refractivity contribution in [3.05, 3.63) is 17.7 Å². The first-order valence-corrected chi connectivity index (χ1v) is 6.76. The monoisotopic (exact) mass is 277 g/mol. The molecule has 1 atom stereocenters. The summed E-state index contributed by atoms with van der Waals surface area (Å²) in [5, 5.41) is 6.23. The predicted octanol–water partition coefficient (Wildman–Crippen LogP) is 0.602. The number of carbonyl (C=O) groups is 1. The minimum Gasteiger partial charge on any atom is -0.497 e. The van der Waals surface area contributed by atoms with E-state index in [2.05, 4.69) is 15.5 Å². The topological polar surface area (TPSA) is 62.8 Å². The minimum atomic E-state index is -0.254. The molecule has 0 aliphatic carbocycles. The number of piperazine rings is 1. The fraction of sp³-hybridized carbons (Fsp3) is 0.500. The van der Waals surface area contributed by atoms with Crippen LogP contribution in [0.15, 0.2) is 12.1 Å². The first kappa shape index (κ1) is 13.2. The maximum atomic E-state index is 12.3. The van der Waals surface area contributed by atoms with Crippen LogP contribution in [0.2, 0.25) is 0 Å². The molecular weight excluding hydrogens is 258 g/mol. The summed E-state index contributed by atoms with van der Waals surface area (Å²) in [4.78, 5) is 14.5. The van der Waals surface area contributed by atoms with Crippen LogP contribution in [0.3, 0.4) is 0 Å². The number of benzene rings is 1. The molecule has 2 aliphatic rings. The number of nitrogens with one attached hydrogen (secondary N) is 2. The lowest BCUT2D eigenvalue weighted by molar-refractivity contribution is -0.121. The van der Waals surface area contributed by atoms with Gasteiger partial charge in [-0.15, -0.1) is 0 Å². The quantitative estimate of drug-likeness (QED) is 0.847. The number of rotatable bonds is 3. The molecule has 0 aromatic heterocycles. The lowest BCUT2D eigenvalue weighted by Gasteiger charge is -2.31. The molecule has 2 aliphatic heterocycles. The number of anilines is 1. The highest BCUT2D eigenvalue weighted by molar-refractivity contribution is 6.04. The number of hydrogen-bond acceptors (Lipinski definition) is 5. The van der Waals surface area contributed by atoms with Crippen LogP contribution in [0.5, 0.6) is 11.5 Å². The lowest BCUT2D eigenvalue weighted by atomic mass is 10.0. The van der Waals surface area contributed by atoms with Gasteiger partial charge >= 0.3 is 0 Å². The summed E-state index contributed by atoms with van der Waals surface area (Å²) in [5.41, 5.74) is 1.70. The summed E-state index contributed by atoms with van der Waals surface area (Å²) in [6.07, 6.45) is 0. The molecule has 1 aromatic rings. The fourth-order valence-electron chi connectivity index (χ4n) is 2.87. The summed E-state index contributed by atoms with van der Waals surface area (Å²) in [7, 11) is 3.21. The highest BCUT2D eigenvalue weighted by Gasteiger charge is 2.38. The van der Waals surface area contributed by atoms with Gasteiger partial charge in [-0.2, -0.15) is 0 Å². The van der Waals surface area contributed by atoms with Gasteiger partial charge in [-0.25, -0.2) is 0 Å². The third-order valence-corrected chi connectivity index (χ3v) is 3.87. The molecule has 1 saturated heterocycles. The first-order chi connectivity index (χ1) is 9.74. The highest BCUT2D eigenvalue weighted by atomic mass is 16.5. The number of methoxy groups -OCH3 is 2. The van der Waals surface area contributed by atoms with Gasteiger partial charge in [0, 0.05) is 37.8 Å². The van der Waals surface area contributed by atoms with E-state index in [1.54, 1.807) is 20.3 Å². The molecule has 1 unspecified atom stereocenters. The van der Waals surface area contributed by atoms with Crippen molar-refractivity contribution >= 4 is 11.6 Å². The van der Waals surface area contributed by atoms with Gasteiger partial charge in [-0.05, 0) is 6.07 Å². The standard InChI is InChI=1S/C14H19N3O3/c1-19-9-7-10-12(11(8-9)20-2)16-14(18)13(10)17-5-3-15-4-6-17/h7-8,13,15H,3-6H2,1-2H3,(H,16,18). The Morgan fingerprint density at radius 3 is 2.60 bits per heavy atom. The zero-order chi connectivity index (χ0) is 14.1. The van der Waals surface area contributed by atoms with E-state index in [4.69, 9.17) is 9.47 Å². The molecule has 1 amide bonds. The van der Waals surface area contributed by atoms with Crippen LogP contribution in [0.25, 0.3) is 0 Å². The van der Waals surface area contributed by atoms with Crippen LogP contribution in [-0.4, -0.2) is 51.2 Å². The molecule has 1 fully saturated rings. The molecule has 2 N–H and O–H groups in total. The van der Waals surface area contributed by atoms with Gasteiger partial charge < -0.3 is 20.1 Å². The summed E-state index contributed by atoms with van der Waals surface area (Å²) in [6, 6.07) is 3.46. The van der Waals surface area contributed by atoms with Gasteiger partial charge in [0.15, 0.2) is 0 Å². The van der Waals surface area contributed by atoms with Crippen molar-refractivity contribution < 1.29 is 14.3 Å². The van der Waals surface area contributed by atoms with Gasteiger partial charge in [0.25, 0.3) is 0 Å². The smallest absolute Gasteiger partial charge is 0.246 e. The fourth-order valence-corrected chi connectivity index (χ4v) is 2.87. The van der Waals surface area contributed by atoms with Crippen molar-refractivity contribution in [2.45, 2.75) is 6.04 Å². The molecule has 0 bridgehead atoms. The van der Waals surface area contributed by atoms with Crippen molar-refractivity contribution in [2.24, 2.45) is 0 Å². The Balaban J connectivity index is 2.01. The number of amides is 1. The number of nitrogens with zero attached hydrogens (tertiary/aromatic N) is 1. The molecule has 1 aromatic carbocycles. The molecule has 0 spiro atoms. The number of carbonyl (C=O) groups excluding carboxylic acids is 1. The maximum absolute atomic E-state index is 12.3. The summed E-state index contributed by atoms with van der Waals surface area (Å²) in [6.45, 7) is 3.52. The van der Waals surface area contributed by atoms with Crippen LogP contribution in [0, 0.1) is 0 Å². The Labute approximate surface area is 118 Å². The summed E-state index contributed by atoms with van der Waals surface area (Å²) in [5.74, 6) is 1.36. The first-order valence-electron chi connectivity index (χ1n) is 6.76. The summed E-state index contributed by atoms with van der Waals surface area (Å²) < 4.78 is 10.7. The second-order valence-electron chi connectivity index (χ2n) is 4.97. The SMILES string of the molecule is COc1cc(OC)c2c(c1)C(N1CCNCC1)C(=O)N2. The molecule has 20 heavy (non-hydrogen) atoms. The van der Waals surface area contributed by atoms with E-state index < -0.39 is 0 Å². The summed E-state index contributed by atoms with van der Waals surface area (Å²) >= 11 is 0. The van der Waals surface area contributed by atoms with E-state index in [0.717, 1.165) is 37.4 Å².